The monoisotopic (exact) mass is 332 g/mol. The van der Waals surface area contributed by atoms with E-state index in [-0.39, 0.29) is 5.69 Å². The van der Waals surface area contributed by atoms with Crippen LogP contribution in [-0.2, 0) is 0 Å². The van der Waals surface area contributed by atoms with E-state index < -0.39 is 5.91 Å². The molecule has 1 aromatic rings. The number of nitrogens with two attached hydrogens (primary N) is 1. The number of nitrogens with one attached hydrogen (secondary N) is 3. The Hall–Kier alpha value is -1.89. The molecule has 1 amide bonds. The molecule has 2 atom stereocenters. The Morgan fingerprint density at radius 1 is 1.08 bits per heavy atom. The van der Waals surface area contributed by atoms with Crippen LogP contribution in [0.25, 0.3) is 0 Å². The molecule has 2 saturated carbocycles. The number of aromatic nitrogens is 2. The highest BCUT2D eigenvalue weighted by Crippen LogP contribution is 2.25. The van der Waals surface area contributed by atoms with Crippen LogP contribution in [0.1, 0.15) is 61.9 Å². The summed E-state index contributed by atoms with van der Waals surface area (Å²) in [5.41, 5.74) is 5.68. The number of hydrogen-bond donors (Lipinski definition) is 4. The van der Waals surface area contributed by atoms with Gasteiger partial charge in [-0.2, -0.15) is 0 Å². The van der Waals surface area contributed by atoms with Gasteiger partial charge in [0.25, 0.3) is 5.91 Å². The molecular weight excluding hydrogens is 304 g/mol. The molecule has 5 N–H and O–H groups in total. The second-order valence-electron chi connectivity index (χ2n) is 6.87. The standard InChI is InChI=1S/C17H28N6O/c1-19-12-8-4-5-9-13(12)22-14-10-20-15(16(18)24)17(23-14)21-11-6-2-3-7-11/h10-13,19H,2-9H2,1H3,(H2,18,24)(H2,21,22,23)/t12-,13+/m0/s1. The van der Waals surface area contributed by atoms with Gasteiger partial charge in [-0.1, -0.05) is 25.7 Å². The number of amides is 1. The van der Waals surface area contributed by atoms with Gasteiger partial charge in [-0.3, -0.25) is 4.79 Å². The van der Waals surface area contributed by atoms with Crippen molar-refractivity contribution in [2.24, 2.45) is 5.73 Å². The Kier molecular flexibility index (Phi) is 5.50. The maximum Gasteiger partial charge on any atom is 0.271 e. The van der Waals surface area contributed by atoms with Crippen molar-refractivity contribution in [1.82, 2.24) is 15.3 Å². The number of nitrogens with zero attached hydrogens (tertiary/aromatic N) is 2. The third-order valence-electron chi connectivity index (χ3n) is 5.17. The Morgan fingerprint density at radius 3 is 2.42 bits per heavy atom. The summed E-state index contributed by atoms with van der Waals surface area (Å²) in [6.45, 7) is 0. The Bertz CT molecular complexity index is 572. The van der Waals surface area contributed by atoms with Crippen molar-refractivity contribution in [1.29, 1.82) is 0 Å². The van der Waals surface area contributed by atoms with Crippen molar-refractivity contribution in [3.05, 3.63) is 11.9 Å². The number of primary amides is 1. The first kappa shape index (κ1) is 17.0. The minimum Gasteiger partial charge on any atom is -0.365 e. The molecule has 3 rings (SSSR count). The summed E-state index contributed by atoms with van der Waals surface area (Å²) in [5, 5.41) is 10.2. The lowest BCUT2D eigenvalue weighted by Crippen LogP contribution is -2.44. The van der Waals surface area contributed by atoms with E-state index in [1.165, 1.54) is 25.7 Å². The van der Waals surface area contributed by atoms with Gasteiger partial charge in [0.2, 0.25) is 0 Å². The van der Waals surface area contributed by atoms with Crippen LogP contribution in [0.3, 0.4) is 0 Å². The van der Waals surface area contributed by atoms with Gasteiger partial charge >= 0.3 is 0 Å². The molecular formula is C17H28N6O. The Morgan fingerprint density at radius 2 is 1.75 bits per heavy atom. The van der Waals surface area contributed by atoms with Gasteiger partial charge in [0.05, 0.1) is 6.20 Å². The fourth-order valence-corrected chi connectivity index (χ4v) is 3.84. The van der Waals surface area contributed by atoms with Crippen LogP contribution >= 0.6 is 0 Å². The van der Waals surface area contributed by atoms with E-state index in [0.717, 1.165) is 25.7 Å². The molecule has 0 radical (unpaired) electrons. The highest BCUT2D eigenvalue weighted by atomic mass is 16.1. The molecule has 2 aliphatic rings. The van der Waals surface area contributed by atoms with Crippen molar-refractivity contribution in [3.8, 4) is 0 Å². The maximum atomic E-state index is 11.6. The third kappa shape index (κ3) is 3.95. The minimum atomic E-state index is -0.541. The van der Waals surface area contributed by atoms with Gasteiger partial charge in [-0.15, -0.1) is 0 Å². The zero-order chi connectivity index (χ0) is 16.9. The van der Waals surface area contributed by atoms with Crippen molar-refractivity contribution >= 4 is 17.5 Å². The van der Waals surface area contributed by atoms with E-state index in [1.54, 1.807) is 6.20 Å². The minimum absolute atomic E-state index is 0.223. The molecule has 1 aromatic heterocycles. The predicted molar refractivity (Wildman–Crippen MR) is 95.2 cm³/mol. The fourth-order valence-electron chi connectivity index (χ4n) is 3.84. The summed E-state index contributed by atoms with van der Waals surface area (Å²) < 4.78 is 0. The van der Waals surface area contributed by atoms with Crippen LogP contribution in [0.15, 0.2) is 6.20 Å². The van der Waals surface area contributed by atoms with Gasteiger partial charge in [-0.05, 0) is 32.7 Å². The number of rotatable bonds is 6. The normalized spacial score (nSPS) is 24.7. The van der Waals surface area contributed by atoms with Crippen LogP contribution < -0.4 is 21.7 Å². The largest absolute Gasteiger partial charge is 0.365 e. The van der Waals surface area contributed by atoms with Gasteiger partial charge in [-0.25, -0.2) is 9.97 Å². The summed E-state index contributed by atoms with van der Waals surface area (Å²) >= 11 is 0. The fraction of sp³-hybridized carbons (Fsp3) is 0.706. The van der Waals surface area contributed by atoms with Gasteiger partial charge in [0.15, 0.2) is 11.5 Å². The lowest BCUT2D eigenvalue weighted by molar-refractivity contribution is 0.0996. The van der Waals surface area contributed by atoms with Crippen LogP contribution in [0.2, 0.25) is 0 Å². The van der Waals surface area contributed by atoms with Crippen LogP contribution in [0.4, 0.5) is 11.6 Å². The predicted octanol–water partition coefficient (Wildman–Crippen LogP) is 1.87. The zero-order valence-corrected chi connectivity index (χ0v) is 14.3. The molecule has 132 valence electrons. The first-order chi connectivity index (χ1) is 11.7. The summed E-state index contributed by atoms with van der Waals surface area (Å²) in [4.78, 5) is 20.5. The van der Waals surface area contributed by atoms with E-state index in [1.807, 2.05) is 7.05 Å². The number of hydrogen-bond acceptors (Lipinski definition) is 6. The van der Waals surface area contributed by atoms with E-state index >= 15 is 0 Å². The van der Waals surface area contributed by atoms with Crippen LogP contribution in [0, 0.1) is 0 Å². The average molecular weight is 332 g/mol. The molecule has 1 heterocycles. The second-order valence-corrected chi connectivity index (χ2v) is 6.87. The molecule has 7 heteroatoms. The topological polar surface area (TPSA) is 105 Å². The lowest BCUT2D eigenvalue weighted by atomic mass is 9.90. The van der Waals surface area contributed by atoms with E-state index in [9.17, 15) is 4.79 Å². The number of carbonyl (C=O) groups is 1. The zero-order valence-electron chi connectivity index (χ0n) is 14.3. The molecule has 2 fully saturated rings. The van der Waals surface area contributed by atoms with Crippen molar-refractivity contribution in [2.75, 3.05) is 17.7 Å². The Balaban J connectivity index is 1.76. The quantitative estimate of drug-likeness (QED) is 0.634. The molecule has 7 nitrogen and oxygen atoms in total. The molecule has 0 bridgehead atoms. The molecule has 0 aromatic carbocycles. The smallest absolute Gasteiger partial charge is 0.271 e. The van der Waals surface area contributed by atoms with E-state index in [0.29, 0.717) is 29.8 Å². The van der Waals surface area contributed by atoms with Gasteiger partial charge in [0, 0.05) is 18.1 Å². The highest BCUT2D eigenvalue weighted by Gasteiger charge is 2.25. The molecule has 0 spiro atoms. The summed E-state index contributed by atoms with van der Waals surface area (Å²) in [6.07, 6.45) is 11.0. The number of likely N-dealkylation sites (N-methyl/N-ethyl adjacent to an activating group) is 1. The van der Waals surface area contributed by atoms with Crippen molar-refractivity contribution in [2.45, 2.75) is 69.5 Å². The first-order valence-electron chi connectivity index (χ1n) is 9.04. The second kappa shape index (κ2) is 7.79. The van der Waals surface area contributed by atoms with Crippen molar-refractivity contribution < 1.29 is 4.79 Å². The first-order valence-corrected chi connectivity index (χ1v) is 9.04. The number of anilines is 2. The summed E-state index contributed by atoms with van der Waals surface area (Å²) in [7, 11) is 2.00. The van der Waals surface area contributed by atoms with Gasteiger partial charge < -0.3 is 21.7 Å². The third-order valence-corrected chi connectivity index (χ3v) is 5.17. The maximum absolute atomic E-state index is 11.6. The van der Waals surface area contributed by atoms with Crippen LogP contribution in [0.5, 0.6) is 0 Å². The van der Waals surface area contributed by atoms with E-state index in [2.05, 4.69) is 25.9 Å². The average Bonchev–Trinajstić information content (AvgIpc) is 3.08. The SMILES string of the molecule is CN[C@H]1CCCC[C@H]1Nc1cnc(C(N)=O)c(NC2CCCC2)n1. The van der Waals surface area contributed by atoms with E-state index in [4.69, 9.17) is 5.73 Å². The van der Waals surface area contributed by atoms with Crippen molar-refractivity contribution in [3.63, 3.8) is 0 Å². The molecule has 0 saturated heterocycles. The molecule has 24 heavy (non-hydrogen) atoms. The van der Waals surface area contributed by atoms with Gasteiger partial charge in [0.1, 0.15) is 5.82 Å². The van der Waals surface area contributed by atoms with Crippen LogP contribution in [-0.4, -0.2) is 41.0 Å². The Labute approximate surface area is 143 Å². The molecule has 2 aliphatic carbocycles. The summed E-state index contributed by atoms with van der Waals surface area (Å²) in [5.74, 6) is 0.671. The molecule has 0 aliphatic heterocycles. The lowest BCUT2D eigenvalue weighted by Gasteiger charge is -2.32. The summed E-state index contributed by atoms with van der Waals surface area (Å²) in [6, 6.07) is 1.12. The highest BCUT2D eigenvalue weighted by molar-refractivity contribution is 5.95. The number of carbonyl (C=O) groups excluding carboxylic acids is 1. The molecule has 0 unspecified atom stereocenters.